The number of aliphatic hydroxyl groups is 1. The largest absolute Gasteiger partial charge is 0.396 e. The number of aryl methyl sites for hydroxylation is 1. The van der Waals surface area contributed by atoms with Crippen LogP contribution in [0.25, 0.3) is 0 Å². The molecule has 0 fully saturated rings. The van der Waals surface area contributed by atoms with Gasteiger partial charge in [-0.3, -0.25) is 14.8 Å². The molecule has 1 aliphatic carbocycles. The summed E-state index contributed by atoms with van der Waals surface area (Å²) in [5, 5.41) is 12.2. The molecule has 0 heterocycles. The third-order valence-corrected chi connectivity index (χ3v) is 6.70. The highest BCUT2D eigenvalue weighted by molar-refractivity contribution is 5.97. The topological polar surface area (TPSA) is 74.0 Å². The van der Waals surface area contributed by atoms with Crippen molar-refractivity contribution in [1.82, 2.24) is 5.32 Å². The molecule has 39 heavy (non-hydrogen) atoms. The number of rotatable bonds is 12. The van der Waals surface area contributed by atoms with Crippen molar-refractivity contribution >= 4 is 29.7 Å². The van der Waals surface area contributed by atoms with E-state index in [0.29, 0.717) is 23.3 Å². The van der Waals surface area contributed by atoms with Crippen molar-refractivity contribution in [2.45, 2.75) is 70.8 Å². The molecule has 206 valence electrons. The molecule has 0 spiro atoms. The average molecular weight is 530 g/mol. The first-order valence-electron chi connectivity index (χ1n) is 13.9. The van der Waals surface area contributed by atoms with Crippen LogP contribution in [0.2, 0.25) is 0 Å². The normalized spacial score (nSPS) is 16.7. The molecule has 0 saturated heterocycles. The van der Waals surface area contributed by atoms with E-state index in [2.05, 4.69) is 39.6 Å². The van der Waals surface area contributed by atoms with Crippen LogP contribution in [0.4, 0.5) is 15.8 Å². The zero-order valence-corrected chi connectivity index (χ0v) is 22.9. The van der Waals surface area contributed by atoms with E-state index in [-0.39, 0.29) is 18.6 Å². The van der Waals surface area contributed by atoms with Gasteiger partial charge in [0.05, 0.1) is 17.7 Å². The number of fused-ring (bicyclic) bond motifs is 1. The fourth-order valence-corrected chi connectivity index (χ4v) is 4.66. The monoisotopic (exact) mass is 529 g/mol. The number of carbonyl (C=O) groups excluding carboxylic acids is 1. The third kappa shape index (κ3) is 10.2. The maximum absolute atomic E-state index is 13.3. The second kappa shape index (κ2) is 17.0. The fraction of sp³-hybridized carbons (Fsp3) is 0.364. The second-order valence-electron chi connectivity index (χ2n) is 9.72. The Hall–Kier alpha value is -3.64. The van der Waals surface area contributed by atoms with Crippen LogP contribution in [0, 0.1) is 0 Å². The van der Waals surface area contributed by atoms with Crippen LogP contribution >= 0.6 is 0 Å². The number of hydrogen-bond donors (Lipinski definition) is 2. The standard InChI is InChI=1S/C33H40FN3O2/c1-2-12-26(13-11-20-34)25-36-31-19-18-29(24-32(31)35-21-9-3-4-10-22-38)33(39)37-30-17-8-7-15-27-14-5-6-16-28(27)23-30/h2,5-6,11-14,16,18-21,24-25,30,38H,3-4,7-10,15,17,22-23H2,1H3,(H,37,39)/b12-2-,20-11+,26-13+,35-21?,36-25?. The van der Waals surface area contributed by atoms with Crippen molar-refractivity contribution in [3.05, 3.63) is 95.4 Å². The van der Waals surface area contributed by atoms with E-state index < -0.39 is 0 Å². The maximum atomic E-state index is 13.3. The zero-order valence-electron chi connectivity index (χ0n) is 22.9. The Morgan fingerprint density at radius 1 is 1.08 bits per heavy atom. The van der Waals surface area contributed by atoms with E-state index in [1.165, 1.54) is 17.2 Å². The zero-order chi connectivity index (χ0) is 27.7. The molecule has 0 bridgehead atoms. The van der Waals surface area contributed by atoms with E-state index in [9.17, 15) is 9.18 Å². The molecule has 0 aromatic heterocycles. The lowest BCUT2D eigenvalue weighted by atomic mass is 9.90. The molecule has 0 radical (unpaired) electrons. The summed E-state index contributed by atoms with van der Waals surface area (Å²) < 4.78 is 12.5. The minimum atomic E-state index is -0.115. The second-order valence-corrected chi connectivity index (χ2v) is 9.72. The Bertz CT molecular complexity index is 1210. The number of aliphatic hydroxyl groups excluding tert-OH is 1. The Morgan fingerprint density at radius 3 is 2.72 bits per heavy atom. The number of amides is 1. The van der Waals surface area contributed by atoms with Crippen LogP contribution in [-0.2, 0) is 12.8 Å². The Balaban J connectivity index is 1.81. The number of benzene rings is 2. The lowest BCUT2D eigenvalue weighted by Crippen LogP contribution is -2.37. The van der Waals surface area contributed by atoms with Crippen LogP contribution in [0.1, 0.15) is 73.4 Å². The fourth-order valence-electron chi connectivity index (χ4n) is 4.66. The molecule has 5 nitrogen and oxygen atoms in total. The summed E-state index contributed by atoms with van der Waals surface area (Å²) in [6.07, 6.45) is 19.1. The lowest BCUT2D eigenvalue weighted by Gasteiger charge is -2.23. The molecule has 1 unspecified atom stereocenters. The SMILES string of the molecule is C\C=C/C(C=Nc1ccc(C(=O)NC2CCCCc3ccccc3C2)cc1N=CCCCCCO)=C\C=C\F. The van der Waals surface area contributed by atoms with Crippen molar-refractivity contribution in [1.29, 1.82) is 0 Å². The van der Waals surface area contributed by atoms with Gasteiger partial charge in [0.15, 0.2) is 0 Å². The number of aliphatic imine (C=N–C) groups is 2. The van der Waals surface area contributed by atoms with E-state index in [4.69, 9.17) is 5.11 Å². The number of allylic oxidation sites excluding steroid dienone is 5. The van der Waals surface area contributed by atoms with Gasteiger partial charge < -0.3 is 10.4 Å². The number of carbonyl (C=O) groups is 1. The molecule has 2 aromatic rings. The molecular weight excluding hydrogens is 489 g/mol. The van der Waals surface area contributed by atoms with Gasteiger partial charge in [0, 0.05) is 30.6 Å². The van der Waals surface area contributed by atoms with Crippen LogP contribution in [-0.4, -0.2) is 36.1 Å². The molecule has 1 amide bonds. The predicted molar refractivity (Wildman–Crippen MR) is 160 cm³/mol. The van der Waals surface area contributed by atoms with Crippen molar-refractivity contribution < 1.29 is 14.3 Å². The molecular formula is C33H40FN3O2. The van der Waals surface area contributed by atoms with Gasteiger partial charge in [-0.1, -0.05) is 55.3 Å². The van der Waals surface area contributed by atoms with Crippen LogP contribution in [0.15, 0.2) is 88.7 Å². The molecule has 1 atom stereocenters. The first kappa shape index (κ1) is 29.9. The van der Waals surface area contributed by atoms with Gasteiger partial charge in [-0.25, -0.2) is 4.39 Å². The summed E-state index contributed by atoms with van der Waals surface area (Å²) in [7, 11) is 0. The van der Waals surface area contributed by atoms with Crippen molar-refractivity contribution in [2.75, 3.05) is 6.61 Å². The molecule has 1 aliphatic rings. The minimum absolute atomic E-state index is 0.0761. The molecule has 0 saturated carbocycles. The van der Waals surface area contributed by atoms with E-state index >= 15 is 0 Å². The van der Waals surface area contributed by atoms with Gasteiger partial charge in [0.25, 0.3) is 5.91 Å². The van der Waals surface area contributed by atoms with Crippen molar-refractivity contribution in [2.24, 2.45) is 9.98 Å². The molecule has 2 aromatic carbocycles. The highest BCUT2D eigenvalue weighted by Crippen LogP contribution is 2.29. The average Bonchev–Trinajstić information content (AvgIpc) is 2.94. The summed E-state index contributed by atoms with van der Waals surface area (Å²) in [6.45, 7) is 2.08. The quantitative estimate of drug-likeness (QED) is 0.168. The predicted octanol–water partition coefficient (Wildman–Crippen LogP) is 7.70. The summed E-state index contributed by atoms with van der Waals surface area (Å²) >= 11 is 0. The number of halogens is 1. The van der Waals surface area contributed by atoms with Crippen molar-refractivity contribution in [3.8, 4) is 0 Å². The maximum Gasteiger partial charge on any atom is 0.251 e. The number of hydrogen-bond acceptors (Lipinski definition) is 4. The highest BCUT2D eigenvalue weighted by Gasteiger charge is 2.18. The summed E-state index contributed by atoms with van der Waals surface area (Å²) in [6, 6.07) is 13.9. The Kier molecular flexibility index (Phi) is 13.1. The van der Waals surface area contributed by atoms with Crippen LogP contribution < -0.4 is 5.32 Å². The van der Waals surface area contributed by atoms with Gasteiger partial charge in [-0.05, 0) is 92.8 Å². The van der Waals surface area contributed by atoms with Gasteiger partial charge in [0.2, 0.25) is 0 Å². The smallest absolute Gasteiger partial charge is 0.251 e. The molecule has 3 rings (SSSR count). The lowest BCUT2D eigenvalue weighted by molar-refractivity contribution is 0.0934. The summed E-state index contributed by atoms with van der Waals surface area (Å²) in [5.41, 5.74) is 5.19. The van der Waals surface area contributed by atoms with Crippen molar-refractivity contribution in [3.63, 3.8) is 0 Å². The number of nitrogens with one attached hydrogen (secondary N) is 1. The highest BCUT2D eigenvalue weighted by atomic mass is 19.1. The molecule has 6 heteroatoms. The number of unbranched alkanes of at least 4 members (excludes halogenated alkanes) is 3. The number of nitrogens with zero attached hydrogens (tertiary/aromatic N) is 2. The van der Waals surface area contributed by atoms with Gasteiger partial charge in [-0.2, -0.15) is 0 Å². The van der Waals surface area contributed by atoms with Gasteiger partial charge >= 0.3 is 0 Å². The first-order valence-corrected chi connectivity index (χ1v) is 13.9. The summed E-state index contributed by atoms with van der Waals surface area (Å²) in [5.74, 6) is -0.115. The van der Waals surface area contributed by atoms with Crippen LogP contribution in [0.3, 0.4) is 0 Å². The Labute approximate surface area is 232 Å². The van der Waals surface area contributed by atoms with E-state index in [0.717, 1.165) is 63.4 Å². The van der Waals surface area contributed by atoms with Crippen LogP contribution in [0.5, 0.6) is 0 Å². The summed E-state index contributed by atoms with van der Waals surface area (Å²) in [4.78, 5) is 22.6. The van der Waals surface area contributed by atoms with E-state index in [1.807, 2.05) is 25.3 Å². The van der Waals surface area contributed by atoms with E-state index in [1.54, 1.807) is 30.5 Å². The molecule has 2 N–H and O–H groups in total. The Morgan fingerprint density at radius 2 is 1.92 bits per heavy atom. The van der Waals surface area contributed by atoms with Gasteiger partial charge in [-0.15, -0.1) is 0 Å². The molecule has 0 aliphatic heterocycles. The first-order chi connectivity index (χ1) is 19.1. The van der Waals surface area contributed by atoms with Gasteiger partial charge in [0.1, 0.15) is 0 Å². The third-order valence-electron chi connectivity index (χ3n) is 6.70. The minimum Gasteiger partial charge on any atom is -0.396 e.